The molecule has 2 heterocycles. The summed E-state index contributed by atoms with van der Waals surface area (Å²) in [6, 6.07) is 20.1. The van der Waals surface area contributed by atoms with Gasteiger partial charge in [0.1, 0.15) is 5.57 Å². The third kappa shape index (κ3) is 3.35. The Bertz CT molecular complexity index is 1120. The lowest BCUT2D eigenvalue weighted by atomic mass is 10.1. The molecule has 7 heteroatoms. The third-order valence-electron chi connectivity index (χ3n) is 4.27. The van der Waals surface area contributed by atoms with Crippen molar-refractivity contribution in [2.45, 2.75) is 0 Å². The highest BCUT2D eigenvalue weighted by molar-refractivity contribution is 7.80. The number of thiocarbonyl (C=S) groups is 1. The quantitative estimate of drug-likeness (QED) is 0.406. The first kappa shape index (κ1) is 18.2. The van der Waals surface area contributed by atoms with Crippen LogP contribution < -0.4 is 10.2 Å². The molecule has 3 aromatic rings. The van der Waals surface area contributed by atoms with E-state index >= 15 is 0 Å². The van der Waals surface area contributed by atoms with E-state index in [0.717, 1.165) is 5.69 Å². The number of benzene rings is 2. The molecule has 0 bridgehead atoms. The third-order valence-corrected chi connectivity index (χ3v) is 4.79. The monoisotopic (exact) mass is 407 g/mol. The van der Waals surface area contributed by atoms with E-state index in [-0.39, 0.29) is 10.7 Å². The average Bonchev–Trinajstić information content (AvgIpc) is 3.14. The topological polar surface area (TPSA) is 54.3 Å². The van der Waals surface area contributed by atoms with E-state index < -0.39 is 11.8 Å². The molecule has 2 amide bonds. The molecule has 0 atom stereocenters. The van der Waals surface area contributed by atoms with E-state index in [9.17, 15) is 9.59 Å². The second kappa shape index (κ2) is 7.42. The van der Waals surface area contributed by atoms with Gasteiger partial charge in [-0.2, -0.15) is 0 Å². The molecule has 1 N–H and O–H groups in total. The molecule has 1 aliphatic rings. The van der Waals surface area contributed by atoms with Crippen LogP contribution in [0, 0.1) is 0 Å². The molecule has 28 heavy (non-hydrogen) atoms. The van der Waals surface area contributed by atoms with Crippen LogP contribution in [0.1, 0.15) is 5.69 Å². The van der Waals surface area contributed by atoms with Crippen molar-refractivity contribution < 1.29 is 9.59 Å². The Kier molecular flexibility index (Phi) is 4.81. The van der Waals surface area contributed by atoms with E-state index in [1.807, 2.05) is 53.2 Å². The van der Waals surface area contributed by atoms with Crippen LogP contribution in [0.15, 0.2) is 78.5 Å². The second-order valence-corrected chi connectivity index (χ2v) is 6.90. The number of rotatable bonds is 3. The average molecular weight is 408 g/mol. The molecular formula is C21H14ClN3O2S. The standard InChI is InChI=1S/C21H14ClN3O2S/c22-14-6-4-9-17(12-14)25-20(27)18(19(26)23-21(25)28)13-16-10-5-11-24(16)15-7-2-1-3-8-15/h1-13H,(H,23,26,28)/b18-13-. The Labute approximate surface area is 171 Å². The lowest BCUT2D eigenvalue weighted by Crippen LogP contribution is -2.54. The Morgan fingerprint density at radius 3 is 2.43 bits per heavy atom. The molecular weight excluding hydrogens is 394 g/mol. The Morgan fingerprint density at radius 2 is 1.68 bits per heavy atom. The van der Waals surface area contributed by atoms with Gasteiger partial charge in [-0.3, -0.25) is 19.8 Å². The summed E-state index contributed by atoms with van der Waals surface area (Å²) in [6.07, 6.45) is 3.43. The zero-order chi connectivity index (χ0) is 19.7. The molecule has 0 spiro atoms. The summed E-state index contributed by atoms with van der Waals surface area (Å²) in [7, 11) is 0. The molecule has 0 aliphatic carbocycles. The van der Waals surface area contributed by atoms with Crippen molar-refractivity contribution >= 4 is 52.5 Å². The van der Waals surface area contributed by atoms with E-state index in [0.29, 0.717) is 16.4 Å². The Morgan fingerprint density at radius 1 is 0.929 bits per heavy atom. The number of aromatic nitrogens is 1. The smallest absolute Gasteiger partial charge is 0.270 e. The summed E-state index contributed by atoms with van der Waals surface area (Å²) in [6.45, 7) is 0. The van der Waals surface area contributed by atoms with Crippen molar-refractivity contribution in [3.8, 4) is 5.69 Å². The van der Waals surface area contributed by atoms with Crippen molar-refractivity contribution in [1.82, 2.24) is 9.88 Å². The van der Waals surface area contributed by atoms with Crippen LogP contribution >= 0.6 is 23.8 Å². The van der Waals surface area contributed by atoms with Gasteiger partial charge in [-0.25, -0.2) is 0 Å². The van der Waals surface area contributed by atoms with Crippen molar-refractivity contribution in [3.63, 3.8) is 0 Å². The van der Waals surface area contributed by atoms with E-state index in [1.165, 1.54) is 4.90 Å². The summed E-state index contributed by atoms with van der Waals surface area (Å²) in [5.41, 5.74) is 2.10. The number of nitrogens with zero attached hydrogens (tertiary/aromatic N) is 2. The van der Waals surface area contributed by atoms with E-state index in [4.69, 9.17) is 23.8 Å². The zero-order valence-corrected chi connectivity index (χ0v) is 16.1. The zero-order valence-electron chi connectivity index (χ0n) is 14.5. The minimum absolute atomic E-state index is 0.00976. The van der Waals surface area contributed by atoms with Gasteiger partial charge in [0.2, 0.25) is 0 Å². The lowest BCUT2D eigenvalue weighted by molar-refractivity contribution is -0.122. The molecule has 2 aromatic carbocycles. The number of carbonyl (C=O) groups excluding carboxylic acids is 2. The molecule has 1 saturated heterocycles. The lowest BCUT2D eigenvalue weighted by Gasteiger charge is -2.29. The fourth-order valence-electron chi connectivity index (χ4n) is 2.99. The summed E-state index contributed by atoms with van der Waals surface area (Å²) in [4.78, 5) is 26.8. The largest absolute Gasteiger partial charge is 0.317 e. The summed E-state index contributed by atoms with van der Waals surface area (Å²) < 4.78 is 1.89. The summed E-state index contributed by atoms with van der Waals surface area (Å²) in [5, 5.41) is 3.06. The predicted molar refractivity (Wildman–Crippen MR) is 113 cm³/mol. The number of carbonyl (C=O) groups is 2. The van der Waals surface area contributed by atoms with Crippen molar-refractivity contribution in [2.24, 2.45) is 0 Å². The second-order valence-electron chi connectivity index (χ2n) is 6.08. The minimum atomic E-state index is -0.533. The van der Waals surface area contributed by atoms with Crippen molar-refractivity contribution in [2.75, 3.05) is 4.90 Å². The van der Waals surface area contributed by atoms with Gasteiger partial charge in [0.25, 0.3) is 11.8 Å². The number of hydrogen-bond donors (Lipinski definition) is 1. The first-order chi connectivity index (χ1) is 13.5. The first-order valence-corrected chi connectivity index (χ1v) is 9.23. The maximum atomic E-state index is 13.1. The van der Waals surface area contributed by atoms with Crippen LogP contribution in [0.3, 0.4) is 0 Å². The van der Waals surface area contributed by atoms with Crippen LogP contribution in [0.2, 0.25) is 5.02 Å². The van der Waals surface area contributed by atoms with E-state index in [1.54, 1.807) is 30.3 Å². The summed E-state index contributed by atoms with van der Waals surface area (Å²) in [5.74, 6) is -1.04. The van der Waals surface area contributed by atoms with Crippen molar-refractivity contribution in [3.05, 3.63) is 89.2 Å². The minimum Gasteiger partial charge on any atom is -0.317 e. The number of halogens is 1. The Balaban J connectivity index is 1.76. The highest BCUT2D eigenvalue weighted by Crippen LogP contribution is 2.25. The van der Waals surface area contributed by atoms with Crippen LogP contribution in [-0.4, -0.2) is 21.5 Å². The van der Waals surface area contributed by atoms with Crippen LogP contribution in [-0.2, 0) is 9.59 Å². The normalized spacial score (nSPS) is 15.8. The fourth-order valence-corrected chi connectivity index (χ4v) is 3.46. The van der Waals surface area contributed by atoms with Gasteiger partial charge in [-0.1, -0.05) is 35.9 Å². The van der Waals surface area contributed by atoms with Gasteiger partial charge in [0.05, 0.1) is 5.69 Å². The summed E-state index contributed by atoms with van der Waals surface area (Å²) >= 11 is 11.2. The number of hydrogen-bond acceptors (Lipinski definition) is 3. The molecule has 5 nitrogen and oxygen atoms in total. The van der Waals surface area contributed by atoms with Crippen LogP contribution in [0.4, 0.5) is 5.69 Å². The predicted octanol–water partition coefficient (Wildman–Crippen LogP) is 3.96. The highest BCUT2D eigenvalue weighted by Gasteiger charge is 2.34. The molecule has 0 unspecified atom stereocenters. The molecule has 4 rings (SSSR count). The van der Waals surface area contributed by atoms with Crippen molar-refractivity contribution in [1.29, 1.82) is 0 Å². The first-order valence-electron chi connectivity index (χ1n) is 8.44. The van der Waals surface area contributed by atoms with Gasteiger partial charge < -0.3 is 4.57 Å². The van der Waals surface area contributed by atoms with Crippen LogP contribution in [0.25, 0.3) is 11.8 Å². The van der Waals surface area contributed by atoms with Gasteiger partial charge in [-0.05, 0) is 60.8 Å². The number of amides is 2. The van der Waals surface area contributed by atoms with E-state index in [2.05, 4.69) is 5.32 Å². The maximum absolute atomic E-state index is 13.1. The van der Waals surface area contributed by atoms with Gasteiger partial charge in [-0.15, -0.1) is 0 Å². The molecule has 1 aliphatic heterocycles. The fraction of sp³-hybridized carbons (Fsp3) is 0. The molecule has 1 aromatic heterocycles. The maximum Gasteiger partial charge on any atom is 0.270 e. The number of anilines is 1. The number of nitrogens with one attached hydrogen (secondary N) is 1. The van der Waals surface area contributed by atoms with Gasteiger partial charge in [0.15, 0.2) is 5.11 Å². The number of para-hydroxylation sites is 1. The SMILES string of the molecule is O=C1NC(=S)N(c2cccc(Cl)c2)C(=O)/C1=C\c1cccn1-c1ccccc1. The van der Waals surface area contributed by atoms with Gasteiger partial charge >= 0.3 is 0 Å². The Hall–Kier alpha value is -3.22. The van der Waals surface area contributed by atoms with Crippen LogP contribution in [0.5, 0.6) is 0 Å². The molecule has 0 saturated carbocycles. The molecule has 138 valence electrons. The van der Waals surface area contributed by atoms with Gasteiger partial charge in [0, 0.05) is 22.6 Å². The molecule has 0 radical (unpaired) electrons. The molecule has 1 fully saturated rings. The highest BCUT2D eigenvalue weighted by atomic mass is 35.5.